The summed E-state index contributed by atoms with van der Waals surface area (Å²) in [5.74, 6) is -0.492. The number of aromatic nitrogens is 2. The maximum Gasteiger partial charge on any atom is 0.308 e. The molecule has 158 valence electrons. The normalized spacial score (nSPS) is 11.9. The Morgan fingerprint density at radius 3 is 2.48 bits per heavy atom. The third kappa shape index (κ3) is 4.83. The van der Waals surface area contributed by atoms with Gasteiger partial charge in [0.25, 0.3) is 0 Å². The molecule has 2 aromatic carbocycles. The van der Waals surface area contributed by atoms with Crippen LogP contribution in [-0.2, 0) is 4.79 Å². The van der Waals surface area contributed by atoms with E-state index in [9.17, 15) is 9.90 Å². The van der Waals surface area contributed by atoms with Crippen LogP contribution in [-0.4, -0.2) is 27.6 Å². The molecule has 0 saturated carbocycles. The van der Waals surface area contributed by atoms with Gasteiger partial charge in [-0.15, -0.1) is 0 Å². The molecule has 0 amide bonds. The summed E-state index contributed by atoms with van der Waals surface area (Å²) in [5, 5.41) is 13.4. The average molecular weight is 434 g/mol. The fourth-order valence-electron chi connectivity index (χ4n) is 3.40. The highest BCUT2D eigenvalue weighted by molar-refractivity contribution is 7.19. The molecule has 1 unspecified atom stereocenters. The third-order valence-corrected chi connectivity index (χ3v) is 6.09. The summed E-state index contributed by atoms with van der Waals surface area (Å²) in [4.78, 5) is 21.3. The highest BCUT2D eigenvalue weighted by Crippen LogP contribution is 2.39. The Kier molecular flexibility index (Phi) is 6.43. The van der Waals surface area contributed by atoms with Crippen LogP contribution >= 0.6 is 11.3 Å². The van der Waals surface area contributed by atoms with Crippen LogP contribution in [0.4, 0.5) is 5.13 Å². The SMILES string of the molecule is CCCC(CNc1nc(-c2ccccc2)c(-c2ccc(-c3cnco3)cc2)s1)C(=O)O. The van der Waals surface area contributed by atoms with Crippen molar-refractivity contribution in [3.63, 3.8) is 0 Å². The number of aliphatic carboxylic acids is 1. The van der Waals surface area contributed by atoms with Crippen LogP contribution in [0.3, 0.4) is 0 Å². The Labute approximate surface area is 184 Å². The standard InChI is InChI=1S/C24H23N3O3S/c1-2-6-19(23(28)29)13-26-24-27-21(17-7-4-3-5-8-17)22(31-24)18-11-9-16(10-12-18)20-14-25-15-30-20/h3-5,7-12,14-15,19H,2,6,13H2,1H3,(H,26,27)(H,28,29). The number of thiazole rings is 1. The Hall–Kier alpha value is -3.45. The van der Waals surface area contributed by atoms with E-state index >= 15 is 0 Å². The lowest BCUT2D eigenvalue weighted by Crippen LogP contribution is -2.22. The second-order valence-corrected chi connectivity index (χ2v) is 8.21. The van der Waals surface area contributed by atoms with Crippen LogP contribution in [0.15, 0.2) is 71.6 Å². The predicted molar refractivity (Wildman–Crippen MR) is 123 cm³/mol. The van der Waals surface area contributed by atoms with Crippen molar-refractivity contribution < 1.29 is 14.3 Å². The molecule has 0 aliphatic rings. The molecule has 31 heavy (non-hydrogen) atoms. The molecule has 0 radical (unpaired) electrons. The third-order valence-electron chi connectivity index (χ3n) is 5.02. The second-order valence-electron chi connectivity index (χ2n) is 7.21. The Balaban J connectivity index is 1.65. The monoisotopic (exact) mass is 433 g/mol. The van der Waals surface area contributed by atoms with Crippen molar-refractivity contribution in [3.8, 4) is 33.0 Å². The van der Waals surface area contributed by atoms with Gasteiger partial charge in [-0.3, -0.25) is 4.79 Å². The van der Waals surface area contributed by atoms with Gasteiger partial charge in [-0.1, -0.05) is 79.3 Å². The van der Waals surface area contributed by atoms with E-state index in [-0.39, 0.29) is 0 Å². The van der Waals surface area contributed by atoms with E-state index in [0.717, 1.165) is 44.6 Å². The maximum atomic E-state index is 11.5. The summed E-state index contributed by atoms with van der Waals surface area (Å²) in [6.07, 6.45) is 4.57. The highest BCUT2D eigenvalue weighted by atomic mass is 32.1. The number of carboxylic acids is 1. The van der Waals surface area contributed by atoms with Gasteiger partial charge in [-0.05, 0) is 12.0 Å². The molecule has 7 heteroatoms. The lowest BCUT2D eigenvalue weighted by Gasteiger charge is -2.11. The molecule has 4 rings (SSSR count). The summed E-state index contributed by atoms with van der Waals surface area (Å²) in [6.45, 7) is 2.35. The quantitative estimate of drug-likeness (QED) is 0.334. The minimum atomic E-state index is -0.780. The first kappa shape index (κ1) is 20.8. The van der Waals surface area contributed by atoms with Gasteiger partial charge in [0.05, 0.1) is 22.7 Å². The largest absolute Gasteiger partial charge is 0.481 e. The number of nitrogens with one attached hydrogen (secondary N) is 1. The molecule has 1 atom stereocenters. The Bertz CT molecular complexity index is 1120. The lowest BCUT2D eigenvalue weighted by atomic mass is 10.0. The number of benzene rings is 2. The van der Waals surface area contributed by atoms with Crippen LogP contribution in [0.2, 0.25) is 0 Å². The van der Waals surface area contributed by atoms with Gasteiger partial charge < -0.3 is 14.8 Å². The second kappa shape index (κ2) is 9.57. The van der Waals surface area contributed by atoms with Gasteiger partial charge in [0.15, 0.2) is 17.3 Å². The zero-order chi connectivity index (χ0) is 21.6. The molecule has 2 aromatic heterocycles. The van der Waals surface area contributed by atoms with Crippen molar-refractivity contribution in [1.82, 2.24) is 9.97 Å². The van der Waals surface area contributed by atoms with Gasteiger partial charge in [-0.25, -0.2) is 9.97 Å². The Morgan fingerprint density at radius 1 is 1.10 bits per heavy atom. The van der Waals surface area contributed by atoms with Crippen LogP contribution in [0.1, 0.15) is 19.8 Å². The molecular formula is C24H23N3O3S. The molecule has 0 fully saturated rings. The first-order chi connectivity index (χ1) is 15.2. The topological polar surface area (TPSA) is 88.3 Å². The number of anilines is 1. The van der Waals surface area contributed by atoms with Gasteiger partial charge >= 0.3 is 5.97 Å². The van der Waals surface area contributed by atoms with Crippen molar-refractivity contribution in [2.24, 2.45) is 5.92 Å². The summed E-state index contributed by atoms with van der Waals surface area (Å²) >= 11 is 1.53. The molecule has 4 aromatic rings. The van der Waals surface area contributed by atoms with Crippen molar-refractivity contribution in [2.45, 2.75) is 19.8 Å². The van der Waals surface area contributed by atoms with Crippen molar-refractivity contribution in [1.29, 1.82) is 0 Å². The van der Waals surface area contributed by atoms with E-state index < -0.39 is 11.9 Å². The van der Waals surface area contributed by atoms with Crippen LogP contribution in [0.5, 0.6) is 0 Å². The molecule has 0 spiro atoms. The number of hydrogen-bond acceptors (Lipinski definition) is 6. The minimum Gasteiger partial charge on any atom is -0.481 e. The van der Waals surface area contributed by atoms with E-state index in [0.29, 0.717) is 13.0 Å². The van der Waals surface area contributed by atoms with E-state index in [1.165, 1.54) is 17.7 Å². The molecular weight excluding hydrogens is 410 g/mol. The Morgan fingerprint density at radius 2 is 1.84 bits per heavy atom. The van der Waals surface area contributed by atoms with Gasteiger partial charge in [0, 0.05) is 17.7 Å². The highest BCUT2D eigenvalue weighted by Gasteiger charge is 2.19. The maximum absolute atomic E-state index is 11.5. The van der Waals surface area contributed by atoms with Gasteiger partial charge in [-0.2, -0.15) is 0 Å². The summed E-state index contributed by atoms with van der Waals surface area (Å²) in [6, 6.07) is 18.1. The van der Waals surface area contributed by atoms with Gasteiger partial charge in [0.2, 0.25) is 0 Å². The van der Waals surface area contributed by atoms with Crippen LogP contribution in [0.25, 0.3) is 33.0 Å². The fourth-order valence-corrected chi connectivity index (χ4v) is 4.40. The number of carboxylic acid groups (broad SMARTS) is 1. The number of nitrogens with zero attached hydrogens (tertiary/aromatic N) is 2. The van der Waals surface area contributed by atoms with E-state index in [2.05, 4.69) is 10.3 Å². The number of carbonyl (C=O) groups is 1. The van der Waals surface area contributed by atoms with Gasteiger partial charge in [0.1, 0.15) is 0 Å². The van der Waals surface area contributed by atoms with Crippen LogP contribution < -0.4 is 5.32 Å². The summed E-state index contributed by atoms with van der Waals surface area (Å²) in [7, 11) is 0. The molecule has 2 heterocycles. The van der Waals surface area contributed by atoms with E-state index in [1.807, 2.05) is 61.5 Å². The summed E-state index contributed by atoms with van der Waals surface area (Å²) < 4.78 is 5.38. The van der Waals surface area contributed by atoms with Crippen LogP contribution in [0, 0.1) is 5.92 Å². The first-order valence-electron chi connectivity index (χ1n) is 10.2. The first-order valence-corrected chi connectivity index (χ1v) is 11.0. The smallest absolute Gasteiger partial charge is 0.308 e. The molecule has 0 bridgehead atoms. The van der Waals surface area contributed by atoms with Crippen molar-refractivity contribution in [2.75, 3.05) is 11.9 Å². The van der Waals surface area contributed by atoms with E-state index in [1.54, 1.807) is 6.20 Å². The van der Waals surface area contributed by atoms with Crippen molar-refractivity contribution in [3.05, 3.63) is 67.2 Å². The predicted octanol–water partition coefficient (Wildman–Crippen LogP) is 6.04. The average Bonchev–Trinajstić information content (AvgIpc) is 3.48. The summed E-state index contributed by atoms with van der Waals surface area (Å²) in [5.41, 5.74) is 3.89. The van der Waals surface area contributed by atoms with E-state index in [4.69, 9.17) is 9.40 Å². The van der Waals surface area contributed by atoms with Crippen molar-refractivity contribution >= 4 is 22.4 Å². The molecule has 6 nitrogen and oxygen atoms in total. The molecule has 0 aliphatic heterocycles. The zero-order valence-electron chi connectivity index (χ0n) is 17.1. The molecule has 0 aliphatic carbocycles. The fraction of sp³-hybridized carbons (Fsp3) is 0.208. The molecule has 2 N–H and O–H groups in total. The number of hydrogen-bond donors (Lipinski definition) is 2. The minimum absolute atomic E-state index is 0.356. The number of oxazole rings is 1. The lowest BCUT2D eigenvalue weighted by molar-refractivity contribution is -0.141. The zero-order valence-corrected chi connectivity index (χ0v) is 17.9. The number of rotatable bonds is 9. The molecule has 0 saturated heterocycles.